The normalized spacial score (nSPS) is 11.7. The molecule has 0 aliphatic rings. The van der Waals surface area contributed by atoms with Crippen LogP contribution in [0.4, 0.5) is 0 Å². The third-order valence-corrected chi connectivity index (χ3v) is 6.98. The second kappa shape index (κ2) is 8.16. The van der Waals surface area contributed by atoms with Crippen LogP contribution in [0.1, 0.15) is 10.6 Å². The molecule has 3 rings (SSSR count). The molecule has 0 spiro atoms. The summed E-state index contributed by atoms with van der Waals surface area (Å²) in [4.78, 5) is 1.09. The first-order valence-corrected chi connectivity index (χ1v) is 10.6. The maximum atomic E-state index is 13.5. The number of aromatic nitrogens is 1. The molecule has 0 N–H and O–H groups in total. The van der Waals surface area contributed by atoms with Crippen molar-refractivity contribution in [2.45, 2.75) is 18.0 Å². The largest absolute Gasteiger partial charge is 0.497 e. The molecule has 0 atom stereocenters. The third-order valence-electron chi connectivity index (χ3n) is 4.29. The highest BCUT2D eigenvalue weighted by Crippen LogP contribution is 2.32. The molecular weight excluding hydrogens is 384 g/mol. The third kappa shape index (κ3) is 4.18. The molecule has 27 heavy (non-hydrogen) atoms. The standard InChI is InChI=1S/C19H22N2O4S2/c1-20-10-4-6-15(20)13-21(14-17-7-5-11-26-17)27(22,23)19-9-8-16(24-2)12-18(19)25-3/h4-12H,13-14H2,1-3H3. The molecule has 0 aliphatic carbocycles. The molecular formula is C19H22N2O4S2. The van der Waals surface area contributed by atoms with Crippen LogP contribution in [0.2, 0.25) is 0 Å². The summed E-state index contributed by atoms with van der Waals surface area (Å²) < 4.78 is 40.9. The average Bonchev–Trinajstić information content (AvgIpc) is 3.32. The van der Waals surface area contributed by atoms with Crippen LogP contribution in [0.3, 0.4) is 0 Å². The van der Waals surface area contributed by atoms with Gasteiger partial charge in [0.1, 0.15) is 16.4 Å². The van der Waals surface area contributed by atoms with Gasteiger partial charge in [-0.25, -0.2) is 8.42 Å². The van der Waals surface area contributed by atoms with Crippen LogP contribution >= 0.6 is 11.3 Å². The Labute approximate surface area is 163 Å². The van der Waals surface area contributed by atoms with Crippen molar-refractivity contribution >= 4 is 21.4 Å². The van der Waals surface area contributed by atoms with Crippen molar-refractivity contribution in [2.24, 2.45) is 7.05 Å². The van der Waals surface area contributed by atoms with E-state index in [2.05, 4.69) is 0 Å². The number of rotatable bonds is 8. The summed E-state index contributed by atoms with van der Waals surface area (Å²) >= 11 is 1.53. The number of ether oxygens (including phenoxy) is 2. The first-order chi connectivity index (χ1) is 13.0. The van der Waals surface area contributed by atoms with Crippen LogP contribution in [-0.2, 0) is 30.2 Å². The predicted molar refractivity (Wildman–Crippen MR) is 106 cm³/mol. The van der Waals surface area contributed by atoms with Gasteiger partial charge in [0, 0.05) is 36.4 Å². The zero-order valence-electron chi connectivity index (χ0n) is 15.5. The van der Waals surface area contributed by atoms with E-state index in [1.807, 2.05) is 47.5 Å². The van der Waals surface area contributed by atoms with Crippen LogP contribution < -0.4 is 9.47 Å². The van der Waals surface area contributed by atoms with Crippen LogP contribution in [-0.4, -0.2) is 31.5 Å². The summed E-state index contributed by atoms with van der Waals surface area (Å²) in [5.74, 6) is 0.801. The number of sulfonamides is 1. The van der Waals surface area contributed by atoms with Gasteiger partial charge >= 0.3 is 0 Å². The minimum Gasteiger partial charge on any atom is -0.497 e. The van der Waals surface area contributed by atoms with E-state index >= 15 is 0 Å². The van der Waals surface area contributed by atoms with Gasteiger partial charge in [-0.05, 0) is 35.7 Å². The van der Waals surface area contributed by atoms with Gasteiger partial charge in [-0.15, -0.1) is 11.3 Å². The lowest BCUT2D eigenvalue weighted by molar-refractivity contribution is 0.373. The molecule has 3 aromatic rings. The van der Waals surface area contributed by atoms with Crippen molar-refractivity contribution in [2.75, 3.05) is 14.2 Å². The van der Waals surface area contributed by atoms with E-state index in [0.29, 0.717) is 12.3 Å². The molecule has 2 aromatic heterocycles. The Kier molecular flexibility index (Phi) is 5.88. The summed E-state index contributed by atoms with van der Waals surface area (Å²) in [6.45, 7) is 0.555. The Hall–Kier alpha value is -2.29. The summed E-state index contributed by atoms with van der Waals surface area (Å²) in [5.41, 5.74) is 0.905. The monoisotopic (exact) mass is 406 g/mol. The summed E-state index contributed by atoms with van der Waals surface area (Å²) in [6.07, 6.45) is 1.90. The molecule has 1 aromatic carbocycles. The van der Waals surface area contributed by atoms with Gasteiger partial charge in [0.2, 0.25) is 10.0 Å². The lowest BCUT2D eigenvalue weighted by atomic mass is 10.3. The van der Waals surface area contributed by atoms with Gasteiger partial charge in [0.05, 0.1) is 20.8 Å². The number of hydrogen-bond acceptors (Lipinski definition) is 5. The Bertz CT molecular complexity index is 995. The van der Waals surface area contributed by atoms with E-state index in [1.54, 1.807) is 12.1 Å². The maximum Gasteiger partial charge on any atom is 0.247 e. The summed E-state index contributed by atoms with van der Waals surface area (Å²) in [7, 11) is 1.09. The fraction of sp³-hybridized carbons (Fsp3) is 0.263. The first-order valence-electron chi connectivity index (χ1n) is 8.30. The fourth-order valence-electron chi connectivity index (χ4n) is 2.77. The molecule has 0 amide bonds. The highest BCUT2D eigenvalue weighted by molar-refractivity contribution is 7.89. The number of aryl methyl sites for hydroxylation is 1. The number of thiophene rings is 1. The van der Waals surface area contributed by atoms with Gasteiger partial charge in [-0.2, -0.15) is 4.31 Å². The Morgan fingerprint density at radius 2 is 1.89 bits per heavy atom. The summed E-state index contributed by atoms with van der Waals surface area (Å²) in [5, 5.41) is 1.94. The molecule has 8 heteroatoms. The second-order valence-electron chi connectivity index (χ2n) is 5.98. The average molecular weight is 407 g/mol. The van der Waals surface area contributed by atoms with Crippen LogP contribution in [0.15, 0.2) is 58.9 Å². The van der Waals surface area contributed by atoms with Gasteiger partial charge in [-0.3, -0.25) is 0 Å². The van der Waals surface area contributed by atoms with Crippen molar-refractivity contribution in [1.29, 1.82) is 0 Å². The number of hydrogen-bond donors (Lipinski definition) is 0. The Morgan fingerprint density at radius 3 is 2.48 bits per heavy atom. The Balaban J connectivity index is 2.02. The van der Waals surface area contributed by atoms with Crippen LogP contribution in [0.5, 0.6) is 11.5 Å². The maximum absolute atomic E-state index is 13.5. The van der Waals surface area contributed by atoms with Gasteiger partial charge in [0.25, 0.3) is 0 Å². The predicted octanol–water partition coefficient (Wildman–Crippen LogP) is 3.49. The molecule has 0 bridgehead atoms. The topological polar surface area (TPSA) is 60.8 Å². The summed E-state index contributed by atoms with van der Waals surface area (Å²) in [6, 6.07) is 12.4. The lowest BCUT2D eigenvalue weighted by Gasteiger charge is -2.23. The highest BCUT2D eigenvalue weighted by atomic mass is 32.2. The fourth-order valence-corrected chi connectivity index (χ4v) is 5.10. The molecule has 6 nitrogen and oxygen atoms in total. The molecule has 0 unspecified atom stereocenters. The van der Waals surface area contributed by atoms with Crippen LogP contribution in [0, 0.1) is 0 Å². The van der Waals surface area contributed by atoms with Crippen molar-refractivity contribution in [3.63, 3.8) is 0 Å². The molecule has 0 aliphatic heterocycles. The van der Waals surface area contributed by atoms with E-state index in [0.717, 1.165) is 10.6 Å². The SMILES string of the molecule is COc1ccc(S(=O)(=O)N(Cc2cccs2)Cc2cccn2C)c(OC)c1. The lowest BCUT2D eigenvalue weighted by Crippen LogP contribution is -2.31. The van der Waals surface area contributed by atoms with Gasteiger partial charge in [0.15, 0.2) is 0 Å². The minimum atomic E-state index is -3.79. The quantitative estimate of drug-likeness (QED) is 0.575. The highest BCUT2D eigenvalue weighted by Gasteiger charge is 2.29. The van der Waals surface area contributed by atoms with Crippen molar-refractivity contribution in [3.8, 4) is 11.5 Å². The minimum absolute atomic E-state index is 0.122. The number of benzene rings is 1. The van der Waals surface area contributed by atoms with E-state index in [1.165, 1.54) is 35.9 Å². The molecule has 0 fully saturated rings. The van der Waals surface area contributed by atoms with E-state index in [9.17, 15) is 8.42 Å². The van der Waals surface area contributed by atoms with E-state index < -0.39 is 10.0 Å². The van der Waals surface area contributed by atoms with Crippen LogP contribution in [0.25, 0.3) is 0 Å². The van der Waals surface area contributed by atoms with Gasteiger partial charge < -0.3 is 14.0 Å². The molecule has 0 radical (unpaired) electrons. The Morgan fingerprint density at radius 1 is 1.07 bits per heavy atom. The van der Waals surface area contributed by atoms with Gasteiger partial charge in [-0.1, -0.05) is 6.07 Å². The molecule has 2 heterocycles. The zero-order valence-corrected chi connectivity index (χ0v) is 17.1. The van der Waals surface area contributed by atoms with Crippen molar-refractivity contribution in [3.05, 3.63) is 64.6 Å². The first kappa shape index (κ1) is 19.5. The second-order valence-corrected chi connectivity index (χ2v) is 8.92. The number of methoxy groups -OCH3 is 2. The molecule has 0 saturated carbocycles. The molecule has 144 valence electrons. The number of nitrogens with zero attached hydrogens (tertiary/aromatic N) is 2. The van der Waals surface area contributed by atoms with E-state index in [-0.39, 0.29) is 17.2 Å². The van der Waals surface area contributed by atoms with E-state index in [4.69, 9.17) is 9.47 Å². The smallest absolute Gasteiger partial charge is 0.247 e. The van der Waals surface area contributed by atoms with Crippen molar-refractivity contribution in [1.82, 2.24) is 8.87 Å². The van der Waals surface area contributed by atoms with Crippen molar-refractivity contribution < 1.29 is 17.9 Å². The zero-order chi connectivity index (χ0) is 19.4. The molecule has 0 saturated heterocycles.